The number of hydrogen-bond donors (Lipinski definition) is 0. The molecule has 0 aliphatic rings. The van der Waals surface area contributed by atoms with Crippen molar-refractivity contribution in [2.75, 3.05) is 0 Å². The molecule has 0 unspecified atom stereocenters. The van der Waals surface area contributed by atoms with Crippen molar-refractivity contribution in [1.29, 1.82) is 0 Å². The van der Waals surface area contributed by atoms with E-state index in [4.69, 9.17) is 15.0 Å². The number of fused-ring (bicyclic) bond motifs is 8. The van der Waals surface area contributed by atoms with Gasteiger partial charge in [0.15, 0.2) is 17.5 Å². The van der Waals surface area contributed by atoms with E-state index in [0.717, 1.165) is 44.5 Å². The van der Waals surface area contributed by atoms with Gasteiger partial charge < -0.3 is 0 Å². The average Bonchev–Trinajstić information content (AvgIpc) is 3.91. The van der Waals surface area contributed by atoms with E-state index in [9.17, 15) is 0 Å². The van der Waals surface area contributed by atoms with Crippen LogP contribution < -0.4 is 0 Å². The Hall–Kier alpha value is -7.31. The molecule has 0 N–H and O–H groups in total. The van der Waals surface area contributed by atoms with Crippen molar-refractivity contribution >= 4 is 73.8 Å². The molecule has 0 aliphatic heterocycles. The highest BCUT2D eigenvalue weighted by Gasteiger charge is 2.21. The van der Waals surface area contributed by atoms with Gasteiger partial charge in [0.2, 0.25) is 0 Å². The van der Waals surface area contributed by atoms with Gasteiger partial charge in [0, 0.05) is 62.6 Å². The number of benzene rings is 9. The molecule has 9 aromatic carbocycles. The first kappa shape index (κ1) is 34.7. The number of aromatic nitrogens is 3. The smallest absolute Gasteiger partial charge is 0.164 e. The second-order valence-corrected chi connectivity index (χ2v) is 17.2. The molecule has 0 atom stereocenters. The van der Waals surface area contributed by atoms with Crippen LogP contribution in [0.2, 0.25) is 0 Å². The van der Waals surface area contributed by atoms with Crippen molar-refractivity contribution in [1.82, 2.24) is 15.0 Å². The van der Waals surface area contributed by atoms with Crippen LogP contribution in [0.25, 0.3) is 119 Å². The molecular formula is C55H33N3S2. The van der Waals surface area contributed by atoms with Gasteiger partial charge in [-0.05, 0) is 75.0 Å². The fourth-order valence-electron chi connectivity index (χ4n) is 8.75. The Labute approximate surface area is 354 Å². The van der Waals surface area contributed by atoms with Crippen LogP contribution >= 0.6 is 22.7 Å². The predicted octanol–water partition coefficient (Wildman–Crippen LogP) is 15.8. The highest BCUT2D eigenvalue weighted by atomic mass is 32.1. The fourth-order valence-corrected chi connectivity index (χ4v) is 11.1. The maximum atomic E-state index is 5.43. The normalized spacial score (nSPS) is 11.7. The van der Waals surface area contributed by atoms with E-state index in [1.54, 1.807) is 11.3 Å². The van der Waals surface area contributed by atoms with Crippen molar-refractivity contribution in [3.63, 3.8) is 0 Å². The Morgan fingerprint density at radius 3 is 1.60 bits per heavy atom. The summed E-state index contributed by atoms with van der Waals surface area (Å²) in [5.74, 6) is 1.91. The molecule has 0 aliphatic carbocycles. The van der Waals surface area contributed by atoms with Crippen molar-refractivity contribution in [3.8, 4) is 67.5 Å². The molecule has 0 radical (unpaired) electrons. The third kappa shape index (κ3) is 5.82. The summed E-state index contributed by atoms with van der Waals surface area (Å²) in [5, 5.41) is 7.47. The lowest BCUT2D eigenvalue weighted by Gasteiger charge is -2.14. The molecule has 0 saturated carbocycles. The first-order chi connectivity index (χ1) is 29.7. The fraction of sp³-hybridized carbons (Fsp3) is 0. The number of hydrogen-bond acceptors (Lipinski definition) is 5. The zero-order chi connectivity index (χ0) is 39.6. The van der Waals surface area contributed by atoms with Gasteiger partial charge in [-0.1, -0.05) is 164 Å². The SMILES string of the molecule is c1ccc(-c2cc(-c3ccccc3)cc(-c3nc(-c4ccccc4-c4cccc5c4sc4ccc6ccccc6c45)nc(-c4cccc5sc6ccccc6c45)n3)c2)cc1. The average molecular weight is 800 g/mol. The van der Waals surface area contributed by atoms with E-state index in [2.05, 4.69) is 200 Å². The van der Waals surface area contributed by atoms with Crippen LogP contribution in [-0.2, 0) is 0 Å². The van der Waals surface area contributed by atoms with Gasteiger partial charge in [0.05, 0.1) is 0 Å². The number of nitrogens with zero attached hydrogens (tertiary/aromatic N) is 3. The largest absolute Gasteiger partial charge is 0.208 e. The second-order valence-electron chi connectivity index (χ2n) is 15.1. The molecule has 0 saturated heterocycles. The van der Waals surface area contributed by atoms with E-state index in [0.29, 0.717) is 17.5 Å². The topological polar surface area (TPSA) is 38.7 Å². The van der Waals surface area contributed by atoms with Gasteiger partial charge in [-0.25, -0.2) is 15.0 Å². The molecular weight excluding hydrogens is 767 g/mol. The highest BCUT2D eigenvalue weighted by molar-refractivity contribution is 7.26. The van der Waals surface area contributed by atoms with E-state index >= 15 is 0 Å². The van der Waals surface area contributed by atoms with Crippen LogP contribution in [0, 0.1) is 0 Å². The molecule has 0 fully saturated rings. The van der Waals surface area contributed by atoms with E-state index < -0.39 is 0 Å². The molecule has 3 nitrogen and oxygen atoms in total. The maximum absolute atomic E-state index is 5.43. The third-order valence-electron chi connectivity index (χ3n) is 11.5. The van der Waals surface area contributed by atoms with Crippen molar-refractivity contribution in [2.24, 2.45) is 0 Å². The Bertz CT molecular complexity index is 3550. The minimum absolute atomic E-state index is 0.628. The lowest BCUT2D eigenvalue weighted by atomic mass is 9.95. The van der Waals surface area contributed by atoms with Crippen LogP contribution in [0.5, 0.6) is 0 Å². The zero-order valence-electron chi connectivity index (χ0n) is 32.2. The standard InChI is InChI=1S/C55H33N3S2/c1-3-15-34(16-4-1)37-31-38(35-17-5-2-6-18-35)33-39(32-37)53-56-54(58-55(57-53)46-26-14-28-48-51(46)44-23-11-12-27-47(44)59-48)43-22-10-9-21-41(43)42-24-13-25-45-50-40-20-8-7-19-36(40)29-30-49(50)60-52(42)45/h1-33H. The van der Waals surface area contributed by atoms with Gasteiger partial charge in [0.1, 0.15) is 0 Å². The van der Waals surface area contributed by atoms with Gasteiger partial charge in [-0.15, -0.1) is 22.7 Å². The molecule has 3 aromatic heterocycles. The monoisotopic (exact) mass is 799 g/mol. The number of rotatable bonds is 6. The van der Waals surface area contributed by atoms with Gasteiger partial charge in [-0.3, -0.25) is 0 Å². The summed E-state index contributed by atoms with van der Waals surface area (Å²) in [7, 11) is 0. The summed E-state index contributed by atoms with van der Waals surface area (Å²) in [6.45, 7) is 0. The van der Waals surface area contributed by atoms with Crippen LogP contribution in [-0.4, -0.2) is 15.0 Å². The Morgan fingerprint density at radius 2 is 0.817 bits per heavy atom. The van der Waals surface area contributed by atoms with E-state index in [1.807, 2.05) is 11.3 Å². The summed E-state index contributed by atoms with van der Waals surface area (Å²) < 4.78 is 4.98. The summed E-state index contributed by atoms with van der Waals surface area (Å²) in [6.07, 6.45) is 0. The lowest BCUT2D eigenvalue weighted by molar-refractivity contribution is 1.08. The Kier molecular flexibility index (Phi) is 8.22. The molecule has 5 heteroatoms. The minimum atomic E-state index is 0.628. The summed E-state index contributed by atoms with van der Waals surface area (Å²) in [6, 6.07) is 71.4. The summed E-state index contributed by atoms with van der Waals surface area (Å²) in [4.78, 5) is 16.3. The summed E-state index contributed by atoms with van der Waals surface area (Å²) in [5.41, 5.74) is 9.61. The van der Waals surface area contributed by atoms with Gasteiger partial charge >= 0.3 is 0 Å². The van der Waals surface area contributed by atoms with Crippen molar-refractivity contribution in [3.05, 3.63) is 200 Å². The second kappa shape index (κ2) is 14.2. The first-order valence-corrected chi connectivity index (χ1v) is 21.7. The maximum Gasteiger partial charge on any atom is 0.164 e. The summed E-state index contributed by atoms with van der Waals surface area (Å²) >= 11 is 3.66. The molecule has 0 amide bonds. The van der Waals surface area contributed by atoms with Gasteiger partial charge in [0.25, 0.3) is 0 Å². The molecule has 3 heterocycles. The molecule has 60 heavy (non-hydrogen) atoms. The van der Waals surface area contributed by atoms with Crippen LogP contribution in [0.1, 0.15) is 0 Å². The van der Waals surface area contributed by atoms with E-state index in [1.165, 1.54) is 56.7 Å². The Balaban J connectivity index is 1.13. The molecule has 280 valence electrons. The third-order valence-corrected chi connectivity index (χ3v) is 13.9. The quantitative estimate of drug-likeness (QED) is 0.168. The number of thiophene rings is 2. The predicted molar refractivity (Wildman–Crippen MR) is 256 cm³/mol. The molecule has 0 spiro atoms. The van der Waals surface area contributed by atoms with Gasteiger partial charge in [-0.2, -0.15) is 0 Å². The van der Waals surface area contributed by atoms with Crippen molar-refractivity contribution < 1.29 is 0 Å². The Morgan fingerprint density at radius 1 is 0.283 bits per heavy atom. The first-order valence-electron chi connectivity index (χ1n) is 20.1. The molecule has 12 rings (SSSR count). The molecule has 0 bridgehead atoms. The lowest BCUT2D eigenvalue weighted by Crippen LogP contribution is -2.02. The van der Waals surface area contributed by atoms with Crippen LogP contribution in [0.4, 0.5) is 0 Å². The van der Waals surface area contributed by atoms with Crippen LogP contribution in [0.15, 0.2) is 200 Å². The zero-order valence-corrected chi connectivity index (χ0v) is 33.8. The minimum Gasteiger partial charge on any atom is -0.208 e. The molecule has 12 aromatic rings. The van der Waals surface area contributed by atoms with Crippen molar-refractivity contribution in [2.45, 2.75) is 0 Å². The van der Waals surface area contributed by atoms with E-state index in [-0.39, 0.29) is 0 Å². The van der Waals surface area contributed by atoms with Crippen LogP contribution in [0.3, 0.4) is 0 Å². The highest BCUT2D eigenvalue weighted by Crippen LogP contribution is 2.45.